The highest BCUT2D eigenvalue weighted by Gasteiger charge is 2.28. The minimum atomic E-state index is -0.812. The number of carbonyl (C=O) groups excluding carboxylic acids is 1. The summed E-state index contributed by atoms with van der Waals surface area (Å²) in [6, 6.07) is 1.91. The van der Waals surface area contributed by atoms with Crippen LogP contribution >= 0.6 is 0 Å². The zero-order chi connectivity index (χ0) is 15.8. The van der Waals surface area contributed by atoms with Gasteiger partial charge in [0.1, 0.15) is 11.6 Å². The zero-order valence-electron chi connectivity index (χ0n) is 12.6. The number of amides is 1. The van der Waals surface area contributed by atoms with Gasteiger partial charge in [0.05, 0.1) is 5.92 Å². The van der Waals surface area contributed by atoms with Crippen LogP contribution in [0.15, 0.2) is 11.8 Å². The molecule has 1 amide bonds. The van der Waals surface area contributed by atoms with Gasteiger partial charge in [-0.05, 0) is 25.2 Å². The number of nitriles is 1. The van der Waals surface area contributed by atoms with Crippen molar-refractivity contribution in [3.8, 4) is 6.07 Å². The van der Waals surface area contributed by atoms with Crippen LogP contribution in [0.25, 0.3) is 0 Å². The average molecular weight is 293 g/mol. The summed E-state index contributed by atoms with van der Waals surface area (Å²) >= 11 is 0. The van der Waals surface area contributed by atoms with Crippen LogP contribution in [-0.4, -0.2) is 41.5 Å². The van der Waals surface area contributed by atoms with Gasteiger partial charge in [0.2, 0.25) is 0 Å². The maximum absolute atomic E-state index is 12.2. The second-order valence-corrected chi connectivity index (χ2v) is 5.71. The molecule has 1 fully saturated rings. The van der Waals surface area contributed by atoms with Crippen molar-refractivity contribution in [1.29, 1.82) is 5.26 Å². The number of rotatable bonds is 6. The van der Waals surface area contributed by atoms with Crippen molar-refractivity contribution in [2.24, 2.45) is 11.8 Å². The largest absolute Gasteiger partial charge is 0.481 e. The Hall–Kier alpha value is -2.03. The molecule has 6 heteroatoms. The Bertz CT molecular complexity index is 444. The Morgan fingerprint density at radius 1 is 1.43 bits per heavy atom. The predicted molar refractivity (Wildman–Crippen MR) is 78.1 cm³/mol. The summed E-state index contributed by atoms with van der Waals surface area (Å²) in [6.07, 6.45) is 3.32. The first kappa shape index (κ1) is 17.0. The molecule has 1 rings (SSSR count). The lowest BCUT2D eigenvalue weighted by atomic mass is 9.97. The number of aliphatic carboxylic acids is 1. The van der Waals surface area contributed by atoms with E-state index in [1.54, 1.807) is 4.90 Å². The molecule has 1 aliphatic rings. The third-order valence-corrected chi connectivity index (χ3v) is 3.59. The van der Waals surface area contributed by atoms with E-state index in [2.05, 4.69) is 19.2 Å². The summed E-state index contributed by atoms with van der Waals surface area (Å²) in [5.41, 5.74) is 0.0764. The van der Waals surface area contributed by atoms with E-state index in [-0.39, 0.29) is 17.4 Å². The van der Waals surface area contributed by atoms with E-state index in [1.165, 1.54) is 6.20 Å². The maximum atomic E-state index is 12.2. The van der Waals surface area contributed by atoms with Crippen LogP contribution in [0.3, 0.4) is 0 Å². The van der Waals surface area contributed by atoms with Crippen molar-refractivity contribution in [2.75, 3.05) is 19.6 Å². The normalized spacial score (nSPS) is 16.7. The number of carboxylic acid groups (broad SMARTS) is 1. The second-order valence-electron chi connectivity index (χ2n) is 5.71. The fourth-order valence-electron chi connectivity index (χ4n) is 2.19. The number of carbonyl (C=O) groups is 2. The van der Waals surface area contributed by atoms with Crippen LogP contribution in [0.5, 0.6) is 0 Å². The minimum Gasteiger partial charge on any atom is -0.481 e. The lowest BCUT2D eigenvalue weighted by Crippen LogP contribution is -2.41. The van der Waals surface area contributed by atoms with Crippen molar-refractivity contribution in [2.45, 2.75) is 33.1 Å². The second kappa shape index (κ2) is 8.30. The van der Waals surface area contributed by atoms with Crippen LogP contribution in [0, 0.1) is 23.2 Å². The first-order valence-electron chi connectivity index (χ1n) is 7.31. The lowest BCUT2D eigenvalue weighted by molar-refractivity contribution is -0.145. The van der Waals surface area contributed by atoms with Crippen LogP contribution in [0.4, 0.5) is 0 Å². The van der Waals surface area contributed by atoms with Gasteiger partial charge in [0.25, 0.3) is 5.91 Å². The van der Waals surface area contributed by atoms with Crippen molar-refractivity contribution < 1.29 is 14.7 Å². The number of carboxylic acids is 1. The van der Waals surface area contributed by atoms with Crippen LogP contribution < -0.4 is 5.32 Å². The molecule has 0 radical (unpaired) electrons. The molecule has 116 valence electrons. The molecule has 1 aliphatic heterocycles. The first-order chi connectivity index (χ1) is 9.95. The molecule has 6 nitrogen and oxygen atoms in total. The maximum Gasteiger partial charge on any atom is 0.306 e. The molecular formula is C15H23N3O3. The Labute approximate surface area is 125 Å². The van der Waals surface area contributed by atoms with E-state index < -0.39 is 5.97 Å². The van der Waals surface area contributed by atoms with E-state index in [0.29, 0.717) is 31.8 Å². The number of nitrogens with one attached hydrogen (secondary N) is 1. The minimum absolute atomic E-state index is 0.0764. The smallest absolute Gasteiger partial charge is 0.306 e. The van der Waals surface area contributed by atoms with E-state index in [9.17, 15) is 9.59 Å². The van der Waals surface area contributed by atoms with Crippen molar-refractivity contribution in [3.05, 3.63) is 11.8 Å². The molecule has 0 aliphatic carbocycles. The number of piperidine rings is 1. The summed E-state index contributed by atoms with van der Waals surface area (Å²) in [5.74, 6) is -0.957. The van der Waals surface area contributed by atoms with Gasteiger partial charge < -0.3 is 15.3 Å². The average Bonchev–Trinajstić information content (AvgIpc) is 2.46. The van der Waals surface area contributed by atoms with E-state index in [4.69, 9.17) is 10.4 Å². The molecule has 21 heavy (non-hydrogen) atoms. The van der Waals surface area contributed by atoms with Crippen LogP contribution in [0.2, 0.25) is 0 Å². The van der Waals surface area contributed by atoms with Crippen molar-refractivity contribution in [3.63, 3.8) is 0 Å². The highest BCUT2D eigenvalue weighted by atomic mass is 16.4. The van der Waals surface area contributed by atoms with Gasteiger partial charge in [-0.2, -0.15) is 5.26 Å². The molecule has 0 spiro atoms. The monoisotopic (exact) mass is 293 g/mol. The SMILES string of the molecule is CC(C)CCN/C=C(/C#N)C(=O)N1CCC(C(=O)O)CC1. The number of nitrogens with zero attached hydrogens (tertiary/aromatic N) is 2. The molecule has 0 aromatic rings. The summed E-state index contributed by atoms with van der Waals surface area (Å²) in [5, 5.41) is 21.0. The molecule has 0 aromatic heterocycles. The molecular weight excluding hydrogens is 270 g/mol. The third kappa shape index (κ3) is 5.46. The highest BCUT2D eigenvalue weighted by molar-refractivity contribution is 5.97. The Balaban J connectivity index is 2.50. The van der Waals surface area contributed by atoms with Gasteiger partial charge in [-0.3, -0.25) is 9.59 Å². The first-order valence-corrected chi connectivity index (χ1v) is 7.31. The van der Waals surface area contributed by atoms with Gasteiger partial charge in [-0.1, -0.05) is 13.8 Å². The third-order valence-electron chi connectivity index (χ3n) is 3.59. The Morgan fingerprint density at radius 3 is 2.52 bits per heavy atom. The van der Waals surface area contributed by atoms with Crippen molar-refractivity contribution >= 4 is 11.9 Å². The highest BCUT2D eigenvalue weighted by Crippen LogP contribution is 2.18. The molecule has 1 heterocycles. The van der Waals surface area contributed by atoms with E-state index in [0.717, 1.165) is 13.0 Å². The van der Waals surface area contributed by atoms with Crippen LogP contribution in [0.1, 0.15) is 33.1 Å². The lowest BCUT2D eigenvalue weighted by Gasteiger charge is -2.29. The Morgan fingerprint density at radius 2 is 2.05 bits per heavy atom. The van der Waals surface area contributed by atoms with E-state index in [1.807, 2.05) is 6.07 Å². The predicted octanol–water partition coefficient (Wildman–Crippen LogP) is 1.35. The Kier molecular flexibility index (Phi) is 6.73. The molecule has 0 atom stereocenters. The standard InChI is InChI=1S/C15H23N3O3/c1-11(2)3-6-17-10-13(9-16)14(19)18-7-4-12(5-8-18)15(20)21/h10-12,17H,3-8H2,1-2H3,(H,20,21)/b13-10-. The van der Waals surface area contributed by atoms with Gasteiger partial charge in [-0.25, -0.2) is 0 Å². The fourth-order valence-corrected chi connectivity index (χ4v) is 2.19. The van der Waals surface area contributed by atoms with Crippen molar-refractivity contribution in [1.82, 2.24) is 10.2 Å². The van der Waals surface area contributed by atoms with Gasteiger partial charge in [-0.15, -0.1) is 0 Å². The van der Waals surface area contributed by atoms with E-state index >= 15 is 0 Å². The molecule has 0 saturated carbocycles. The summed E-state index contributed by atoms with van der Waals surface area (Å²) in [4.78, 5) is 24.6. The molecule has 0 unspecified atom stereocenters. The molecule has 1 saturated heterocycles. The molecule has 0 aromatic carbocycles. The fraction of sp³-hybridized carbons (Fsp3) is 0.667. The number of hydrogen-bond acceptors (Lipinski definition) is 4. The topological polar surface area (TPSA) is 93.4 Å². The quantitative estimate of drug-likeness (QED) is 0.438. The summed E-state index contributed by atoms with van der Waals surface area (Å²) < 4.78 is 0. The summed E-state index contributed by atoms with van der Waals surface area (Å²) in [6.45, 7) is 5.71. The van der Waals surface area contributed by atoms with Crippen LogP contribution in [-0.2, 0) is 9.59 Å². The zero-order valence-corrected chi connectivity index (χ0v) is 12.6. The van der Waals surface area contributed by atoms with Gasteiger partial charge in [0.15, 0.2) is 0 Å². The summed E-state index contributed by atoms with van der Waals surface area (Å²) in [7, 11) is 0. The molecule has 0 bridgehead atoms. The number of hydrogen-bond donors (Lipinski definition) is 2. The van der Waals surface area contributed by atoms with Gasteiger partial charge in [0, 0.05) is 25.8 Å². The molecule has 2 N–H and O–H groups in total. The number of likely N-dealkylation sites (tertiary alicyclic amines) is 1. The van der Waals surface area contributed by atoms with Gasteiger partial charge >= 0.3 is 5.97 Å².